The molecule has 0 unspecified atom stereocenters. The lowest BCUT2D eigenvalue weighted by molar-refractivity contribution is 0.00369. The quantitative estimate of drug-likeness (QED) is 0.537. The maximum Gasteiger partial charge on any atom is 0.0700 e. The Kier molecular flexibility index (Phi) is 8.08. The van der Waals surface area contributed by atoms with Crippen molar-refractivity contribution in [3.05, 3.63) is 0 Å². The predicted octanol–water partition coefficient (Wildman–Crippen LogP) is 0.420. The normalized spacial score (nSPS) is 12.0. The number of rotatable bonds is 9. The van der Waals surface area contributed by atoms with Gasteiger partial charge in [0.25, 0.3) is 0 Å². The summed E-state index contributed by atoms with van der Waals surface area (Å²) >= 11 is 0. The van der Waals surface area contributed by atoms with Crippen LogP contribution in [-0.4, -0.2) is 50.4 Å². The molecule has 0 aromatic carbocycles. The van der Waals surface area contributed by atoms with E-state index in [1.807, 2.05) is 6.92 Å². The van der Waals surface area contributed by atoms with Gasteiger partial charge in [-0.25, -0.2) is 0 Å². The Morgan fingerprint density at radius 3 is 2.14 bits per heavy atom. The van der Waals surface area contributed by atoms with Crippen LogP contribution in [0, 0.1) is 5.41 Å². The molecular weight excluding hydrogens is 184 g/mol. The molecule has 0 aliphatic rings. The van der Waals surface area contributed by atoms with Crippen molar-refractivity contribution >= 4 is 0 Å². The van der Waals surface area contributed by atoms with Gasteiger partial charge in [-0.05, 0) is 12.8 Å². The van der Waals surface area contributed by atoms with Crippen LogP contribution in [0.15, 0.2) is 0 Å². The van der Waals surface area contributed by atoms with Crippen LogP contribution >= 0.6 is 0 Å². The highest BCUT2D eigenvalue weighted by molar-refractivity contribution is 4.75. The molecule has 0 saturated heterocycles. The lowest BCUT2D eigenvalue weighted by Gasteiger charge is -2.27. The number of hydrogen-bond acceptors (Lipinski definition) is 4. The molecule has 0 rings (SSSR count). The maximum absolute atomic E-state index is 9.14. The molecule has 0 atom stereocenters. The van der Waals surface area contributed by atoms with E-state index in [1.54, 1.807) is 7.11 Å². The van der Waals surface area contributed by atoms with Gasteiger partial charge in [-0.1, -0.05) is 6.92 Å². The molecule has 0 radical (unpaired) electrons. The Morgan fingerprint density at radius 1 is 1.07 bits per heavy atom. The molecule has 0 aromatic rings. The van der Waals surface area contributed by atoms with Gasteiger partial charge in [0, 0.05) is 19.1 Å². The Balaban J connectivity index is 3.61. The third kappa shape index (κ3) is 4.91. The van der Waals surface area contributed by atoms with E-state index in [4.69, 9.17) is 19.7 Å². The number of ether oxygens (including phenoxy) is 2. The van der Waals surface area contributed by atoms with Crippen molar-refractivity contribution in [1.82, 2.24) is 0 Å². The van der Waals surface area contributed by atoms with E-state index in [9.17, 15) is 0 Å². The monoisotopic (exact) mass is 206 g/mol. The van der Waals surface area contributed by atoms with E-state index in [-0.39, 0.29) is 18.6 Å². The zero-order chi connectivity index (χ0) is 10.9. The van der Waals surface area contributed by atoms with E-state index in [0.717, 1.165) is 6.42 Å². The summed E-state index contributed by atoms with van der Waals surface area (Å²) in [6.07, 6.45) is 1.44. The van der Waals surface area contributed by atoms with Gasteiger partial charge in [0.2, 0.25) is 0 Å². The summed E-state index contributed by atoms with van der Waals surface area (Å²) in [4.78, 5) is 0. The molecule has 0 amide bonds. The van der Waals surface area contributed by atoms with Crippen LogP contribution in [0.3, 0.4) is 0 Å². The lowest BCUT2D eigenvalue weighted by Crippen LogP contribution is -2.30. The summed E-state index contributed by atoms with van der Waals surface area (Å²) in [5.41, 5.74) is -0.382. The van der Waals surface area contributed by atoms with Crippen molar-refractivity contribution < 1.29 is 19.7 Å². The van der Waals surface area contributed by atoms with Gasteiger partial charge < -0.3 is 19.7 Å². The van der Waals surface area contributed by atoms with Crippen LogP contribution in [0.5, 0.6) is 0 Å². The topological polar surface area (TPSA) is 58.9 Å². The first-order valence-corrected chi connectivity index (χ1v) is 5.03. The zero-order valence-electron chi connectivity index (χ0n) is 9.16. The molecular formula is C10H22O4. The molecule has 4 nitrogen and oxygen atoms in total. The highest BCUT2D eigenvalue weighted by Crippen LogP contribution is 2.24. The van der Waals surface area contributed by atoms with Crippen LogP contribution in [0.25, 0.3) is 0 Å². The number of aliphatic hydroxyl groups excluding tert-OH is 2. The standard InChI is InChI=1S/C10H22O4/c1-3-10(8-11,9-12)4-5-14-7-6-13-2/h11-12H,3-9H2,1-2H3. The second kappa shape index (κ2) is 8.17. The number of aliphatic hydroxyl groups is 2. The Hall–Kier alpha value is -0.160. The van der Waals surface area contributed by atoms with Crippen molar-refractivity contribution in [2.75, 3.05) is 40.1 Å². The summed E-state index contributed by atoms with van der Waals surface area (Å²) in [6.45, 7) is 3.67. The molecule has 0 aromatic heterocycles. The van der Waals surface area contributed by atoms with Gasteiger partial charge in [0.1, 0.15) is 0 Å². The largest absolute Gasteiger partial charge is 0.396 e. The molecule has 0 aliphatic heterocycles. The van der Waals surface area contributed by atoms with Crippen molar-refractivity contribution in [2.24, 2.45) is 5.41 Å². The summed E-state index contributed by atoms with van der Waals surface area (Å²) in [7, 11) is 1.63. The minimum atomic E-state index is -0.382. The molecule has 14 heavy (non-hydrogen) atoms. The first kappa shape index (κ1) is 13.8. The SMILES string of the molecule is CCC(CO)(CO)CCOCCOC. The molecule has 0 aliphatic carbocycles. The highest BCUT2D eigenvalue weighted by Gasteiger charge is 2.25. The van der Waals surface area contributed by atoms with Crippen LogP contribution in [0.1, 0.15) is 19.8 Å². The highest BCUT2D eigenvalue weighted by atomic mass is 16.5. The van der Waals surface area contributed by atoms with Gasteiger partial charge in [0.05, 0.1) is 26.4 Å². The summed E-state index contributed by atoms with van der Waals surface area (Å²) in [6, 6.07) is 0. The van der Waals surface area contributed by atoms with Crippen molar-refractivity contribution in [2.45, 2.75) is 19.8 Å². The maximum atomic E-state index is 9.14. The summed E-state index contributed by atoms with van der Waals surface area (Å²) in [5, 5.41) is 18.3. The van der Waals surface area contributed by atoms with Gasteiger partial charge in [-0.3, -0.25) is 0 Å². The molecule has 0 spiro atoms. The third-order valence-corrected chi connectivity index (χ3v) is 2.63. The van der Waals surface area contributed by atoms with Crippen molar-refractivity contribution in [3.63, 3.8) is 0 Å². The van der Waals surface area contributed by atoms with Crippen molar-refractivity contribution in [3.8, 4) is 0 Å². The third-order valence-electron chi connectivity index (χ3n) is 2.63. The lowest BCUT2D eigenvalue weighted by atomic mass is 9.84. The Morgan fingerprint density at radius 2 is 1.71 bits per heavy atom. The van der Waals surface area contributed by atoms with E-state index >= 15 is 0 Å². The van der Waals surface area contributed by atoms with Gasteiger partial charge in [-0.15, -0.1) is 0 Å². The molecule has 4 heteroatoms. The molecule has 2 N–H and O–H groups in total. The smallest absolute Gasteiger partial charge is 0.0700 e. The number of hydrogen-bond donors (Lipinski definition) is 2. The first-order valence-electron chi connectivity index (χ1n) is 5.03. The summed E-state index contributed by atoms with van der Waals surface area (Å²) in [5.74, 6) is 0. The molecule has 86 valence electrons. The fourth-order valence-corrected chi connectivity index (χ4v) is 1.14. The molecule has 0 saturated carbocycles. The fraction of sp³-hybridized carbons (Fsp3) is 1.00. The first-order chi connectivity index (χ1) is 6.74. The average molecular weight is 206 g/mol. The number of methoxy groups -OCH3 is 1. The van der Waals surface area contributed by atoms with Crippen molar-refractivity contribution in [1.29, 1.82) is 0 Å². The molecule has 0 fully saturated rings. The Labute approximate surface area is 85.8 Å². The minimum Gasteiger partial charge on any atom is -0.396 e. The van der Waals surface area contributed by atoms with Crippen LogP contribution in [-0.2, 0) is 9.47 Å². The second-order valence-corrected chi connectivity index (χ2v) is 3.52. The average Bonchev–Trinajstić information content (AvgIpc) is 2.24. The van der Waals surface area contributed by atoms with E-state index in [1.165, 1.54) is 0 Å². The van der Waals surface area contributed by atoms with Crippen LogP contribution in [0.2, 0.25) is 0 Å². The van der Waals surface area contributed by atoms with Crippen LogP contribution < -0.4 is 0 Å². The van der Waals surface area contributed by atoms with Gasteiger partial charge in [0.15, 0.2) is 0 Å². The van der Waals surface area contributed by atoms with E-state index < -0.39 is 0 Å². The Bertz CT molecular complexity index is 115. The van der Waals surface area contributed by atoms with Crippen LogP contribution in [0.4, 0.5) is 0 Å². The zero-order valence-corrected chi connectivity index (χ0v) is 9.16. The van der Waals surface area contributed by atoms with Gasteiger partial charge >= 0.3 is 0 Å². The van der Waals surface area contributed by atoms with E-state index in [2.05, 4.69) is 0 Å². The molecule has 0 bridgehead atoms. The molecule has 0 heterocycles. The fourth-order valence-electron chi connectivity index (χ4n) is 1.14. The van der Waals surface area contributed by atoms with Gasteiger partial charge in [-0.2, -0.15) is 0 Å². The second-order valence-electron chi connectivity index (χ2n) is 3.52. The predicted molar refractivity (Wildman–Crippen MR) is 54.2 cm³/mol. The minimum absolute atomic E-state index is 0.00758. The van der Waals surface area contributed by atoms with E-state index in [0.29, 0.717) is 26.2 Å². The summed E-state index contributed by atoms with van der Waals surface area (Å²) < 4.78 is 10.1.